The fraction of sp³-hybridized carbons (Fsp3) is 0.158. The number of benzene rings is 2. The van der Waals surface area contributed by atoms with Crippen molar-refractivity contribution in [3.63, 3.8) is 0 Å². The van der Waals surface area contributed by atoms with Gasteiger partial charge in [0.25, 0.3) is 11.5 Å². The van der Waals surface area contributed by atoms with Gasteiger partial charge in [-0.15, -0.1) is 0 Å². The van der Waals surface area contributed by atoms with Crippen LogP contribution in [0.4, 0.5) is 0 Å². The zero-order valence-corrected chi connectivity index (χ0v) is 15.6. The highest BCUT2D eigenvalue weighted by Crippen LogP contribution is 2.33. The van der Waals surface area contributed by atoms with Crippen molar-refractivity contribution in [2.24, 2.45) is 5.10 Å². The molecule has 1 heterocycles. The monoisotopic (exact) mass is 400 g/mol. The largest absolute Gasteiger partial charge is 0.504 e. The van der Waals surface area contributed by atoms with E-state index >= 15 is 0 Å². The van der Waals surface area contributed by atoms with Gasteiger partial charge >= 0.3 is 0 Å². The Morgan fingerprint density at radius 3 is 2.68 bits per heavy atom. The van der Waals surface area contributed by atoms with Crippen molar-refractivity contribution in [3.05, 3.63) is 63.0 Å². The summed E-state index contributed by atoms with van der Waals surface area (Å²) in [5.41, 5.74) is 2.54. The number of hydrogen-bond donors (Lipinski definition) is 3. The number of hydrogen-bond acceptors (Lipinski definition) is 6. The number of rotatable bonds is 5. The van der Waals surface area contributed by atoms with Crippen LogP contribution in [0, 0.1) is 0 Å². The fourth-order valence-electron chi connectivity index (χ4n) is 2.66. The number of hydrazone groups is 1. The lowest BCUT2D eigenvalue weighted by atomic mass is 10.1. The highest BCUT2D eigenvalue weighted by atomic mass is 35.5. The van der Waals surface area contributed by atoms with E-state index in [4.69, 9.17) is 11.6 Å². The topological polar surface area (TPSA) is 117 Å². The summed E-state index contributed by atoms with van der Waals surface area (Å²) in [6.07, 6.45) is 1.95. The van der Waals surface area contributed by atoms with Crippen LogP contribution in [0.5, 0.6) is 11.5 Å². The number of aromatic hydroxyl groups is 2. The predicted molar refractivity (Wildman–Crippen MR) is 106 cm³/mol. The van der Waals surface area contributed by atoms with Gasteiger partial charge in [-0.25, -0.2) is 10.1 Å². The molecule has 0 unspecified atom stereocenters. The molecule has 9 heteroatoms. The Labute approximate surface area is 164 Å². The first-order valence-electron chi connectivity index (χ1n) is 8.47. The normalized spacial score (nSPS) is 11.2. The molecular weight excluding hydrogens is 384 g/mol. The smallest absolute Gasteiger partial charge is 0.292 e. The lowest BCUT2D eigenvalue weighted by Gasteiger charge is -2.09. The van der Waals surface area contributed by atoms with E-state index in [1.807, 2.05) is 6.92 Å². The van der Waals surface area contributed by atoms with Gasteiger partial charge in [0, 0.05) is 11.9 Å². The summed E-state index contributed by atoms with van der Waals surface area (Å²) in [7, 11) is 0. The maximum Gasteiger partial charge on any atom is 0.292 e. The van der Waals surface area contributed by atoms with Gasteiger partial charge in [-0.05, 0) is 30.2 Å². The molecule has 144 valence electrons. The molecule has 0 radical (unpaired) electrons. The number of amides is 1. The second-order valence-corrected chi connectivity index (χ2v) is 6.40. The molecule has 0 aliphatic carbocycles. The van der Waals surface area contributed by atoms with E-state index in [9.17, 15) is 19.8 Å². The summed E-state index contributed by atoms with van der Waals surface area (Å²) in [6, 6.07) is 9.35. The van der Waals surface area contributed by atoms with Gasteiger partial charge in [-0.3, -0.25) is 9.59 Å². The number of phenolic OH excluding ortho intramolecular Hbond substituents is 2. The molecule has 0 spiro atoms. The first kappa shape index (κ1) is 19.4. The minimum Gasteiger partial charge on any atom is -0.504 e. The molecule has 0 bridgehead atoms. The SMILES string of the molecule is CCCn1nc(C(=O)N/N=C/c2cc(O)c(O)c(Cl)c2)c2ccccc2c1=O. The number of carbonyl (C=O) groups is 1. The molecule has 0 saturated carbocycles. The number of aromatic nitrogens is 2. The van der Waals surface area contributed by atoms with E-state index < -0.39 is 17.4 Å². The molecule has 3 rings (SSSR count). The molecule has 28 heavy (non-hydrogen) atoms. The Morgan fingerprint density at radius 2 is 2.00 bits per heavy atom. The molecule has 3 N–H and O–H groups in total. The number of fused-ring (bicyclic) bond motifs is 1. The van der Waals surface area contributed by atoms with Gasteiger partial charge in [0.15, 0.2) is 17.2 Å². The average molecular weight is 401 g/mol. The molecule has 1 aromatic heterocycles. The number of halogens is 1. The van der Waals surface area contributed by atoms with Gasteiger partial charge in [0.1, 0.15) is 0 Å². The Balaban J connectivity index is 1.91. The van der Waals surface area contributed by atoms with E-state index in [2.05, 4.69) is 15.6 Å². The summed E-state index contributed by atoms with van der Waals surface area (Å²) in [4.78, 5) is 25.1. The number of aryl methyl sites for hydroxylation is 1. The Kier molecular flexibility index (Phi) is 5.60. The highest BCUT2D eigenvalue weighted by Gasteiger charge is 2.16. The Bertz CT molecular complexity index is 1120. The Hall–Kier alpha value is -3.39. The van der Waals surface area contributed by atoms with Crippen LogP contribution < -0.4 is 11.0 Å². The van der Waals surface area contributed by atoms with Crippen LogP contribution in [0.25, 0.3) is 10.8 Å². The van der Waals surface area contributed by atoms with E-state index in [1.165, 1.54) is 23.0 Å². The quantitative estimate of drug-likeness (QED) is 0.346. The van der Waals surface area contributed by atoms with Crippen molar-refractivity contribution in [2.75, 3.05) is 0 Å². The summed E-state index contributed by atoms with van der Waals surface area (Å²) >= 11 is 5.78. The average Bonchev–Trinajstić information content (AvgIpc) is 2.68. The van der Waals surface area contributed by atoms with Crippen LogP contribution in [0.2, 0.25) is 5.02 Å². The van der Waals surface area contributed by atoms with Gasteiger partial charge in [0.2, 0.25) is 0 Å². The molecular formula is C19H17ClN4O4. The highest BCUT2D eigenvalue weighted by molar-refractivity contribution is 6.32. The van der Waals surface area contributed by atoms with Crippen LogP contribution >= 0.6 is 11.6 Å². The molecule has 0 atom stereocenters. The van der Waals surface area contributed by atoms with Gasteiger partial charge in [-0.2, -0.15) is 10.2 Å². The van der Waals surface area contributed by atoms with Crippen LogP contribution in [-0.4, -0.2) is 32.1 Å². The van der Waals surface area contributed by atoms with Crippen LogP contribution in [-0.2, 0) is 6.54 Å². The van der Waals surface area contributed by atoms with Crippen LogP contribution in [0.1, 0.15) is 29.4 Å². The molecule has 0 aliphatic rings. The maximum absolute atomic E-state index is 12.6. The molecule has 0 saturated heterocycles. The zero-order chi connectivity index (χ0) is 20.3. The van der Waals surface area contributed by atoms with Crippen LogP contribution in [0.15, 0.2) is 46.3 Å². The number of nitrogens with zero attached hydrogens (tertiary/aromatic N) is 3. The third-order valence-corrected chi connectivity index (χ3v) is 4.25. The maximum atomic E-state index is 12.6. The molecule has 3 aromatic rings. The second kappa shape index (κ2) is 8.10. The standard InChI is InChI=1S/C19H17ClN4O4/c1-2-7-24-19(28)13-6-4-3-5-12(13)16(23-24)18(27)22-21-10-11-8-14(20)17(26)15(25)9-11/h3-6,8-10,25-26H,2,7H2,1H3,(H,22,27)/b21-10+. The number of nitrogens with one attached hydrogen (secondary N) is 1. The second-order valence-electron chi connectivity index (χ2n) is 5.99. The molecule has 2 aromatic carbocycles. The van der Waals surface area contributed by atoms with Crippen molar-refractivity contribution in [1.29, 1.82) is 0 Å². The van der Waals surface area contributed by atoms with Crippen LogP contribution in [0.3, 0.4) is 0 Å². The van der Waals surface area contributed by atoms with Crippen molar-refractivity contribution in [1.82, 2.24) is 15.2 Å². The third kappa shape index (κ3) is 3.81. The van der Waals surface area contributed by atoms with E-state index in [-0.39, 0.29) is 16.3 Å². The fourth-order valence-corrected chi connectivity index (χ4v) is 2.89. The first-order valence-corrected chi connectivity index (χ1v) is 8.85. The van der Waals surface area contributed by atoms with Gasteiger partial charge in [-0.1, -0.05) is 36.7 Å². The first-order chi connectivity index (χ1) is 13.4. The van der Waals surface area contributed by atoms with Crippen molar-refractivity contribution >= 4 is 34.5 Å². The molecule has 0 fully saturated rings. The lowest BCUT2D eigenvalue weighted by molar-refractivity contribution is 0.0949. The lowest BCUT2D eigenvalue weighted by Crippen LogP contribution is -2.29. The third-order valence-electron chi connectivity index (χ3n) is 3.96. The van der Waals surface area contributed by atoms with Crippen molar-refractivity contribution in [2.45, 2.75) is 19.9 Å². The zero-order valence-electron chi connectivity index (χ0n) is 14.9. The molecule has 1 amide bonds. The summed E-state index contributed by atoms with van der Waals surface area (Å²) in [5, 5.41) is 27.8. The summed E-state index contributed by atoms with van der Waals surface area (Å²) < 4.78 is 1.26. The van der Waals surface area contributed by atoms with E-state index in [1.54, 1.807) is 24.3 Å². The number of carbonyl (C=O) groups excluding carboxylic acids is 1. The van der Waals surface area contributed by atoms with E-state index in [0.717, 1.165) is 0 Å². The van der Waals surface area contributed by atoms with E-state index in [0.29, 0.717) is 29.3 Å². The van der Waals surface area contributed by atoms with Crippen molar-refractivity contribution in [3.8, 4) is 11.5 Å². The summed E-state index contributed by atoms with van der Waals surface area (Å²) in [5.74, 6) is -1.43. The minimum atomic E-state index is -0.591. The van der Waals surface area contributed by atoms with Gasteiger partial charge in [0.05, 0.1) is 16.6 Å². The number of phenols is 2. The summed E-state index contributed by atoms with van der Waals surface area (Å²) in [6.45, 7) is 2.30. The predicted octanol–water partition coefficient (Wildman–Crippen LogP) is 2.64. The minimum absolute atomic E-state index is 0.0490. The van der Waals surface area contributed by atoms with Gasteiger partial charge < -0.3 is 10.2 Å². The Morgan fingerprint density at radius 1 is 1.29 bits per heavy atom. The molecule has 8 nitrogen and oxygen atoms in total. The molecule has 0 aliphatic heterocycles. The van der Waals surface area contributed by atoms with Crippen molar-refractivity contribution < 1.29 is 15.0 Å².